The van der Waals surface area contributed by atoms with Gasteiger partial charge in [0.1, 0.15) is 5.78 Å². The average molecular weight is 331 g/mol. The number of carbonyl (C=O) groups excluding carboxylic acids is 3. The molecule has 2 aromatic carbocycles. The van der Waals surface area contributed by atoms with Crippen molar-refractivity contribution in [2.45, 2.75) is 24.8 Å². The highest BCUT2D eigenvalue weighted by Gasteiger charge is 2.62. The van der Waals surface area contributed by atoms with Crippen molar-refractivity contribution in [1.29, 1.82) is 0 Å². The Bertz CT molecular complexity index is 904. The lowest BCUT2D eigenvalue weighted by atomic mass is 9.56. The van der Waals surface area contributed by atoms with E-state index in [1.54, 1.807) is 0 Å². The van der Waals surface area contributed by atoms with Gasteiger partial charge >= 0.3 is 0 Å². The van der Waals surface area contributed by atoms with Gasteiger partial charge in [0.15, 0.2) is 0 Å². The topological polar surface area (TPSA) is 54.5 Å². The number of imide groups is 1. The maximum atomic E-state index is 13.1. The van der Waals surface area contributed by atoms with E-state index < -0.39 is 11.8 Å². The first-order valence-corrected chi connectivity index (χ1v) is 8.67. The summed E-state index contributed by atoms with van der Waals surface area (Å²) >= 11 is 0. The van der Waals surface area contributed by atoms with E-state index >= 15 is 0 Å². The van der Waals surface area contributed by atoms with Gasteiger partial charge in [-0.05, 0) is 16.7 Å². The number of fused-ring (bicyclic) bond motifs is 1. The highest BCUT2D eigenvalue weighted by molar-refractivity contribution is 6.11. The van der Waals surface area contributed by atoms with E-state index in [0.717, 1.165) is 16.7 Å². The lowest BCUT2D eigenvalue weighted by Gasteiger charge is -2.43. The van der Waals surface area contributed by atoms with E-state index in [1.165, 1.54) is 4.90 Å². The molecule has 2 amide bonds. The molecule has 25 heavy (non-hydrogen) atoms. The number of amides is 2. The van der Waals surface area contributed by atoms with Crippen LogP contribution in [0.4, 0.5) is 0 Å². The van der Waals surface area contributed by atoms with Crippen LogP contribution in [0.2, 0.25) is 0 Å². The number of benzene rings is 2. The average Bonchev–Trinajstić information content (AvgIpc) is 2.89. The Morgan fingerprint density at radius 2 is 1.44 bits per heavy atom. The first-order chi connectivity index (χ1) is 12.2. The molecule has 4 aliphatic rings. The van der Waals surface area contributed by atoms with Gasteiger partial charge in [-0.1, -0.05) is 54.6 Å². The summed E-state index contributed by atoms with van der Waals surface area (Å²) in [6.45, 7) is 0.287. The molecule has 1 saturated heterocycles. The molecule has 1 saturated carbocycles. The minimum absolute atomic E-state index is 0.104. The monoisotopic (exact) mass is 331 g/mol. The highest BCUT2D eigenvalue weighted by atomic mass is 16.2. The fraction of sp³-hybridized carbons (Fsp3) is 0.286. The second-order valence-electron chi connectivity index (χ2n) is 7.18. The van der Waals surface area contributed by atoms with E-state index in [2.05, 4.69) is 0 Å². The van der Waals surface area contributed by atoms with E-state index in [4.69, 9.17) is 0 Å². The molecule has 0 N–H and O–H groups in total. The number of likely N-dealkylation sites (tertiary alicyclic amines) is 1. The minimum atomic E-state index is -0.516. The first-order valence-electron chi connectivity index (χ1n) is 8.67. The molecule has 3 aliphatic carbocycles. The number of ketones is 1. The summed E-state index contributed by atoms with van der Waals surface area (Å²) in [4.78, 5) is 40.1. The quantitative estimate of drug-likeness (QED) is 0.795. The summed E-state index contributed by atoms with van der Waals surface area (Å²) in [5.74, 6) is -1.70. The number of hydrogen-bond acceptors (Lipinski definition) is 3. The van der Waals surface area contributed by atoms with E-state index in [1.807, 2.05) is 54.6 Å². The molecule has 1 heterocycles. The Hall–Kier alpha value is -2.75. The summed E-state index contributed by atoms with van der Waals surface area (Å²) < 4.78 is 0. The normalized spacial score (nSPS) is 29.8. The van der Waals surface area contributed by atoms with Crippen LogP contribution in [0.15, 0.2) is 54.6 Å². The molecule has 0 spiro atoms. The van der Waals surface area contributed by atoms with Gasteiger partial charge < -0.3 is 0 Å². The Labute approximate surface area is 145 Å². The number of Topliss-reactive ketones (excluding diaryl/α,β-unsaturated/α-hetero) is 1. The minimum Gasteiger partial charge on any atom is -0.299 e. The molecule has 2 bridgehead atoms. The third-order valence-corrected chi connectivity index (χ3v) is 5.96. The van der Waals surface area contributed by atoms with Gasteiger partial charge in [-0.3, -0.25) is 19.3 Å². The smallest absolute Gasteiger partial charge is 0.234 e. The Balaban J connectivity index is 1.57. The number of nitrogens with zero attached hydrogens (tertiary/aromatic N) is 1. The van der Waals surface area contributed by atoms with E-state index in [0.29, 0.717) is 6.42 Å². The standard InChI is InChI=1S/C21H17NO3/c23-16-10-15-13-8-4-5-9-14(13)17(16)19-18(15)20(24)22(21(19)25)11-12-6-2-1-3-7-12/h1-9,15,17-19H,10-11H2/t15-,17+,18+,19-/m1/s1. The molecule has 0 unspecified atom stereocenters. The van der Waals surface area contributed by atoms with Crippen molar-refractivity contribution in [1.82, 2.24) is 4.90 Å². The molecule has 124 valence electrons. The van der Waals surface area contributed by atoms with Crippen LogP contribution >= 0.6 is 0 Å². The zero-order valence-electron chi connectivity index (χ0n) is 13.6. The van der Waals surface area contributed by atoms with Crippen molar-refractivity contribution >= 4 is 17.6 Å². The lowest BCUT2D eigenvalue weighted by Crippen LogP contribution is -2.44. The molecule has 0 aromatic heterocycles. The van der Waals surface area contributed by atoms with Crippen LogP contribution < -0.4 is 0 Å². The second-order valence-corrected chi connectivity index (χ2v) is 7.18. The van der Waals surface area contributed by atoms with Crippen LogP contribution in [0.5, 0.6) is 0 Å². The second kappa shape index (κ2) is 5.12. The van der Waals surface area contributed by atoms with Crippen molar-refractivity contribution in [3.8, 4) is 0 Å². The van der Waals surface area contributed by atoms with Gasteiger partial charge in [-0.25, -0.2) is 0 Å². The van der Waals surface area contributed by atoms with Crippen LogP contribution in [-0.4, -0.2) is 22.5 Å². The third-order valence-electron chi connectivity index (χ3n) is 5.96. The van der Waals surface area contributed by atoms with Crippen LogP contribution in [0, 0.1) is 11.8 Å². The fourth-order valence-electron chi connectivity index (χ4n) is 4.94. The molecular weight excluding hydrogens is 314 g/mol. The van der Waals surface area contributed by atoms with Crippen LogP contribution in [0.3, 0.4) is 0 Å². The Morgan fingerprint density at radius 3 is 2.20 bits per heavy atom. The number of carbonyl (C=O) groups is 3. The van der Waals surface area contributed by atoms with Crippen molar-refractivity contribution in [3.63, 3.8) is 0 Å². The number of rotatable bonds is 2. The molecular formula is C21H17NO3. The summed E-state index contributed by atoms with van der Waals surface area (Å²) in [5, 5.41) is 0. The molecule has 4 nitrogen and oxygen atoms in total. The van der Waals surface area contributed by atoms with Gasteiger partial charge in [0, 0.05) is 12.3 Å². The molecule has 2 aromatic rings. The number of hydrogen-bond donors (Lipinski definition) is 0. The van der Waals surface area contributed by atoms with Crippen LogP contribution in [0.1, 0.15) is 34.9 Å². The highest BCUT2D eigenvalue weighted by Crippen LogP contribution is 2.57. The van der Waals surface area contributed by atoms with Crippen molar-refractivity contribution in [2.24, 2.45) is 11.8 Å². The molecule has 4 heteroatoms. The maximum Gasteiger partial charge on any atom is 0.234 e. The molecule has 0 radical (unpaired) electrons. The molecule has 2 fully saturated rings. The van der Waals surface area contributed by atoms with Gasteiger partial charge in [0.25, 0.3) is 0 Å². The summed E-state index contributed by atoms with van der Waals surface area (Å²) in [6, 6.07) is 17.3. The summed E-state index contributed by atoms with van der Waals surface area (Å²) in [7, 11) is 0. The zero-order chi connectivity index (χ0) is 17.1. The van der Waals surface area contributed by atoms with Crippen LogP contribution in [0.25, 0.3) is 0 Å². The van der Waals surface area contributed by atoms with Gasteiger partial charge in [-0.2, -0.15) is 0 Å². The predicted octanol–water partition coefficient (Wildman–Crippen LogP) is 2.64. The van der Waals surface area contributed by atoms with E-state index in [-0.39, 0.29) is 36.0 Å². The summed E-state index contributed by atoms with van der Waals surface area (Å²) in [6.07, 6.45) is 0.376. The largest absolute Gasteiger partial charge is 0.299 e. The van der Waals surface area contributed by atoms with E-state index in [9.17, 15) is 14.4 Å². The predicted molar refractivity (Wildman–Crippen MR) is 90.5 cm³/mol. The van der Waals surface area contributed by atoms with Gasteiger partial charge in [-0.15, -0.1) is 0 Å². The molecule has 1 aliphatic heterocycles. The first kappa shape index (κ1) is 14.6. The maximum absolute atomic E-state index is 13.1. The van der Waals surface area contributed by atoms with Crippen molar-refractivity contribution in [3.05, 3.63) is 71.3 Å². The van der Waals surface area contributed by atoms with Crippen molar-refractivity contribution in [2.75, 3.05) is 0 Å². The lowest BCUT2D eigenvalue weighted by molar-refractivity contribution is -0.141. The SMILES string of the molecule is O=C1C[C@@H]2c3ccccc3[C@@H]1[C@H]1C(=O)N(Cc3ccccc3)C(=O)[C@H]12. The van der Waals surface area contributed by atoms with Crippen LogP contribution in [-0.2, 0) is 20.9 Å². The Morgan fingerprint density at radius 1 is 0.800 bits per heavy atom. The fourth-order valence-corrected chi connectivity index (χ4v) is 4.94. The van der Waals surface area contributed by atoms with Gasteiger partial charge in [0.05, 0.1) is 24.3 Å². The molecule has 6 rings (SSSR count). The third kappa shape index (κ3) is 1.91. The van der Waals surface area contributed by atoms with Crippen molar-refractivity contribution < 1.29 is 14.4 Å². The summed E-state index contributed by atoms with van der Waals surface area (Å²) in [5.41, 5.74) is 2.96. The molecule has 4 atom stereocenters. The Kier molecular flexibility index (Phi) is 2.99. The zero-order valence-corrected chi connectivity index (χ0v) is 13.6. The van der Waals surface area contributed by atoms with Gasteiger partial charge in [0.2, 0.25) is 11.8 Å².